The van der Waals surface area contributed by atoms with E-state index in [1.807, 2.05) is 6.20 Å². The fourth-order valence-electron chi connectivity index (χ4n) is 4.77. The fourth-order valence-corrected chi connectivity index (χ4v) is 4.77. The van der Waals surface area contributed by atoms with Crippen molar-refractivity contribution in [3.05, 3.63) is 102 Å². The number of rotatable bonds is 9. The molecule has 0 amide bonds. The van der Waals surface area contributed by atoms with Gasteiger partial charge in [-0.25, -0.2) is 0 Å². The molecule has 0 aliphatic carbocycles. The molecule has 0 saturated carbocycles. The van der Waals surface area contributed by atoms with Crippen LogP contribution in [0, 0.1) is 0 Å². The molecule has 0 unspecified atom stereocenters. The molecule has 3 nitrogen and oxygen atoms in total. The average Bonchev–Trinajstić information content (AvgIpc) is 2.91. The first kappa shape index (κ1) is 24.9. The molecule has 1 N–H and O–H groups in total. The molecule has 4 rings (SSSR count). The summed E-state index contributed by atoms with van der Waals surface area (Å²) in [5.41, 5.74) is 7.48. The van der Waals surface area contributed by atoms with Gasteiger partial charge in [0.15, 0.2) is 0 Å². The highest BCUT2D eigenvalue weighted by Gasteiger charge is 2.23. The second-order valence-corrected chi connectivity index (χ2v) is 9.78. The highest BCUT2D eigenvalue weighted by Crippen LogP contribution is 2.32. The zero-order valence-electron chi connectivity index (χ0n) is 21.6. The number of likely N-dealkylation sites (tertiary alicyclic amines) is 1. The van der Waals surface area contributed by atoms with Crippen LogP contribution in [0.25, 0.3) is 22.0 Å². The fraction of sp³-hybridized carbons (Fsp3) is 0.344. The van der Waals surface area contributed by atoms with Gasteiger partial charge in [-0.2, -0.15) is 0 Å². The van der Waals surface area contributed by atoms with E-state index >= 15 is 0 Å². The van der Waals surface area contributed by atoms with Crippen LogP contribution in [0.2, 0.25) is 0 Å². The number of pyridine rings is 1. The van der Waals surface area contributed by atoms with Gasteiger partial charge in [-0.3, -0.25) is 4.98 Å². The Hall–Kier alpha value is -3.17. The number of nitrogens with zero attached hydrogens (tertiary/aromatic N) is 2. The van der Waals surface area contributed by atoms with Gasteiger partial charge in [0.25, 0.3) is 0 Å². The number of aromatic nitrogens is 1. The third kappa shape index (κ3) is 6.49. The second kappa shape index (κ2) is 12.0. The SMILES string of the molecule is C=C(c1ccccc1)N1CCC(c2cc3cc(/C(C)=C/C=C(\C)CNCCC)ccc3cn2)CC1. The minimum Gasteiger partial charge on any atom is -0.371 e. The Morgan fingerprint density at radius 3 is 2.51 bits per heavy atom. The summed E-state index contributed by atoms with van der Waals surface area (Å²) in [6.45, 7) is 15.0. The topological polar surface area (TPSA) is 28.2 Å². The van der Waals surface area contributed by atoms with Crippen molar-refractivity contribution in [2.75, 3.05) is 26.2 Å². The molecule has 1 aromatic heterocycles. The number of hydrogen-bond donors (Lipinski definition) is 1. The summed E-state index contributed by atoms with van der Waals surface area (Å²) in [6, 6.07) is 19.6. The van der Waals surface area contributed by atoms with E-state index in [-0.39, 0.29) is 0 Å². The molecular weight excluding hydrogens is 426 g/mol. The quantitative estimate of drug-likeness (QED) is 0.263. The molecule has 1 aliphatic rings. The average molecular weight is 466 g/mol. The summed E-state index contributed by atoms with van der Waals surface area (Å²) in [7, 11) is 0. The Labute approximate surface area is 211 Å². The molecule has 2 heterocycles. The molecule has 0 spiro atoms. The van der Waals surface area contributed by atoms with E-state index in [0.717, 1.165) is 51.1 Å². The lowest BCUT2D eigenvalue weighted by atomic mass is 9.91. The minimum absolute atomic E-state index is 0.501. The summed E-state index contributed by atoms with van der Waals surface area (Å²) < 4.78 is 0. The van der Waals surface area contributed by atoms with Crippen LogP contribution < -0.4 is 5.32 Å². The van der Waals surface area contributed by atoms with Crippen molar-refractivity contribution in [3.63, 3.8) is 0 Å². The first-order chi connectivity index (χ1) is 17.0. The second-order valence-electron chi connectivity index (χ2n) is 9.78. The molecule has 35 heavy (non-hydrogen) atoms. The van der Waals surface area contributed by atoms with Crippen molar-refractivity contribution in [2.45, 2.75) is 46.0 Å². The lowest BCUT2D eigenvalue weighted by Crippen LogP contribution is -2.31. The summed E-state index contributed by atoms with van der Waals surface area (Å²) in [5, 5.41) is 5.95. The lowest BCUT2D eigenvalue weighted by molar-refractivity contribution is 0.297. The van der Waals surface area contributed by atoms with Gasteiger partial charge in [0.2, 0.25) is 0 Å². The van der Waals surface area contributed by atoms with Crippen LogP contribution in [0.1, 0.15) is 62.8 Å². The molecule has 182 valence electrons. The number of piperidine rings is 1. The largest absolute Gasteiger partial charge is 0.371 e. The van der Waals surface area contributed by atoms with Crippen LogP contribution in [-0.2, 0) is 0 Å². The Bertz CT molecular complexity index is 1200. The van der Waals surface area contributed by atoms with E-state index in [0.29, 0.717) is 5.92 Å². The monoisotopic (exact) mass is 465 g/mol. The van der Waals surface area contributed by atoms with Crippen molar-refractivity contribution in [1.29, 1.82) is 0 Å². The van der Waals surface area contributed by atoms with Crippen LogP contribution >= 0.6 is 0 Å². The van der Waals surface area contributed by atoms with Crippen molar-refractivity contribution >= 4 is 22.0 Å². The van der Waals surface area contributed by atoms with E-state index in [1.54, 1.807) is 0 Å². The van der Waals surface area contributed by atoms with E-state index in [9.17, 15) is 0 Å². The maximum absolute atomic E-state index is 4.86. The number of hydrogen-bond acceptors (Lipinski definition) is 3. The maximum atomic E-state index is 4.86. The summed E-state index contributed by atoms with van der Waals surface area (Å²) in [6.07, 6.45) is 9.90. The van der Waals surface area contributed by atoms with Crippen molar-refractivity contribution in [1.82, 2.24) is 15.2 Å². The smallest absolute Gasteiger partial charge is 0.0442 e. The van der Waals surface area contributed by atoms with E-state index in [4.69, 9.17) is 4.98 Å². The van der Waals surface area contributed by atoms with Crippen molar-refractivity contribution in [2.24, 2.45) is 0 Å². The molecule has 3 heteroatoms. The van der Waals surface area contributed by atoms with E-state index < -0.39 is 0 Å². The molecule has 0 radical (unpaired) electrons. The van der Waals surface area contributed by atoms with Crippen LogP contribution in [0.3, 0.4) is 0 Å². The van der Waals surface area contributed by atoms with Crippen molar-refractivity contribution < 1.29 is 0 Å². The number of allylic oxidation sites excluding steroid dienone is 3. The predicted molar refractivity (Wildman–Crippen MR) is 151 cm³/mol. The third-order valence-corrected chi connectivity index (χ3v) is 7.05. The van der Waals surface area contributed by atoms with Gasteiger partial charge in [0.1, 0.15) is 0 Å². The number of fused-ring (bicyclic) bond motifs is 1. The Balaban J connectivity index is 1.43. The Kier molecular flexibility index (Phi) is 8.54. The molecule has 3 aromatic rings. The zero-order valence-corrected chi connectivity index (χ0v) is 21.6. The standard InChI is InChI=1S/C32H39N3/c1-5-17-33-22-24(2)11-12-25(3)29-13-14-30-23-34-32(21-31(30)20-29)28-15-18-35(19-16-28)26(4)27-9-7-6-8-10-27/h6-14,20-21,23,28,33H,4-5,15-19,22H2,1-3H3/b24-11+,25-12+. The highest BCUT2D eigenvalue weighted by molar-refractivity contribution is 5.86. The zero-order chi connectivity index (χ0) is 24.6. The lowest BCUT2D eigenvalue weighted by Gasteiger charge is -2.34. The molecule has 1 saturated heterocycles. The Morgan fingerprint density at radius 1 is 1.00 bits per heavy atom. The molecule has 2 aromatic carbocycles. The molecule has 1 aliphatic heterocycles. The normalized spacial score (nSPS) is 15.6. The van der Waals surface area contributed by atoms with Gasteiger partial charge in [0.05, 0.1) is 0 Å². The van der Waals surface area contributed by atoms with Gasteiger partial charge >= 0.3 is 0 Å². The first-order valence-corrected chi connectivity index (χ1v) is 13.0. The molecule has 0 atom stereocenters. The minimum atomic E-state index is 0.501. The summed E-state index contributed by atoms with van der Waals surface area (Å²) >= 11 is 0. The first-order valence-electron chi connectivity index (χ1n) is 13.0. The highest BCUT2D eigenvalue weighted by atomic mass is 15.1. The van der Waals surface area contributed by atoms with Gasteiger partial charge in [-0.05, 0) is 73.9 Å². The maximum Gasteiger partial charge on any atom is 0.0442 e. The summed E-state index contributed by atoms with van der Waals surface area (Å²) in [4.78, 5) is 7.28. The van der Waals surface area contributed by atoms with Gasteiger partial charge in [0, 0.05) is 48.5 Å². The Morgan fingerprint density at radius 2 is 1.77 bits per heavy atom. The van der Waals surface area contributed by atoms with Crippen LogP contribution in [-0.4, -0.2) is 36.1 Å². The predicted octanol–water partition coefficient (Wildman–Crippen LogP) is 7.43. The van der Waals surface area contributed by atoms with Crippen LogP contribution in [0.5, 0.6) is 0 Å². The number of benzene rings is 2. The van der Waals surface area contributed by atoms with Gasteiger partial charge < -0.3 is 10.2 Å². The van der Waals surface area contributed by atoms with Crippen LogP contribution in [0.4, 0.5) is 0 Å². The molecular formula is C32H39N3. The third-order valence-electron chi connectivity index (χ3n) is 7.05. The molecule has 0 bridgehead atoms. The van der Waals surface area contributed by atoms with Gasteiger partial charge in [-0.1, -0.05) is 73.7 Å². The summed E-state index contributed by atoms with van der Waals surface area (Å²) in [5.74, 6) is 0.501. The van der Waals surface area contributed by atoms with Crippen molar-refractivity contribution in [3.8, 4) is 0 Å². The van der Waals surface area contributed by atoms with Crippen LogP contribution in [0.15, 0.2) is 85.1 Å². The van der Waals surface area contributed by atoms with E-state index in [2.05, 4.69) is 104 Å². The van der Waals surface area contributed by atoms with Gasteiger partial charge in [-0.15, -0.1) is 0 Å². The van der Waals surface area contributed by atoms with E-state index in [1.165, 1.54) is 38.7 Å². The molecule has 1 fully saturated rings. The number of nitrogens with one attached hydrogen (secondary N) is 1.